The molecule has 1 saturated carbocycles. The van der Waals surface area contributed by atoms with E-state index in [9.17, 15) is 0 Å². The summed E-state index contributed by atoms with van der Waals surface area (Å²) in [5.41, 5.74) is 1.91. The molecule has 114 valence electrons. The van der Waals surface area contributed by atoms with E-state index in [1.807, 2.05) is 30.7 Å². The summed E-state index contributed by atoms with van der Waals surface area (Å²) >= 11 is 3.58. The average Bonchev–Trinajstić information content (AvgIpc) is 3.16. The van der Waals surface area contributed by atoms with E-state index in [-0.39, 0.29) is 6.10 Å². The lowest BCUT2D eigenvalue weighted by Crippen LogP contribution is -2.11. The van der Waals surface area contributed by atoms with Gasteiger partial charge in [-0.1, -0.05) is 5.21 Å². The molecular formula is C15H20BrN3O2. The van der Waals surface area contributed by atoms with Crippen LogP contribution in [0, 0.1) is 5.92 Å². The van der Waals surface area contributed by atoms with E-state index in [1.165, 1.54) is 12.8 Å². The molecule has 0 bridgehead atoms. The van der Waals surface area contributed by atoms with Gasteiger partial charge >= 0.3 is 0 Å². The standard InChI is InChI=1S/C15H20BrN3O2/c1-10(2)20-7-8-21-13-6-5-12-15(14(13)16)17-18-19(12)9-11-3-4-11/h5-6,10-11H,3-4,7-9H2,1-2H3. The lowest BCUT2D eigenvalue weighted by atomic mass is 10.3. The zero-order valence-electron chi connectivity index (χ0n) is 12.4. The third kappa shape index (κ3) is 3.55. The maximum absolute atomic E-state index is 5.75. The van der Waals surface area contributed by atoms with Crippen molar-refractivity contribution in [2.45, 2.75) is 39.3 Å². The van der Waals surface area contributed by atoms with Gasteiger partial charge in [-0.15, -0.1) is 5.10 Å². The molecule has 1 aliphatic carbocycles. The molecule has 0 radical (unpaired) electrons. The minimum atomic E-state index is 0.224. The quantitative estimate of drug-likeness (QED) is 0.715. The Bertz CT molecular complexity index is 623. The van der Waals surface area contributed by atoms with Crippen LogP contribution in [0.4, 0.5) is 0 Å². The van der Waals surface area contributed by atoms with Crippen LogP contribution in [0.1, 0.15) is 26.7 Å². The summed E-state index contributed by atoms with van der Waals surface area (Å²) in [5.74, 6) is 1.56. The van der Waals surface area contributed by atoms with E-state index < -0.39 is 0 Å². The van der Waals surface area contributed by atoms with Crippen molar-refractivity contribution in [3.63, 3.8) is 0 Å². The van der Waals surface area contributed by atoms with Gasteiger partial charge in [0.25, 0.3) is 0 Å². The fraction of sp³-hybridized carbons (Fsp3) is 0.600. The maximum atomic E-state index is 5.75. The number of nitrogens with zero attached hydrogens (tertiary/aromatic N) is 3. The molecule has 5 nitrogen and oxygen atoms in total. The second-order valence-electron chi connectivity index (χ2n) is 5.73. The molecule has 1 aromatic carbocycles. The zero-order valence-corrected chi connectivity index (χ0v) is 14.0. The first kappa shape index (κ1) is 14.8. The molecule has 0 spiro atoms. The average molecular weight is 354 g/mol. The Morgan fingerprint density at radius 2 is 2.14 bits per heavy atom. The van der Waals surface area contributed by atoms with Crippen molar-refractivity contribution >= 4 is 27.0 Å². The number of ether oxygens (including phenoxy) is 2. The molecule has 2 aromatic rings. The monoisotopic (exact) mass is 353 g/mol. The van der Waals surface area contributed by atoms with Crippen LogP contribution < -0.4 is 4.74 Å². The van der Waals surface area contributed by atoms with E-state index in [2.05, 4.69) is 26.2 Å². The molecule has 3 rings (SSSR count). The smallest absolute Gasteiger partial charge is 0.136 e. The summed E-state index contributed by atoms with van der Waals surface area (Å²) < 4.78 is 14.1. The van der Waals surface area contributed by atoms with E-state index in [4.69, 9.17) is 9.47 Å². The number of fused-ring (bicyclic) bond motifs is 1. The second-order valence-corrected chi connectivity index (χ2v) is 6.52. The third-order valence-electron chi connectivity index (χ3n) is 3.51. The maximum Gasteiger partial charge on any atom is 0.136 e. The Hall–Kier alpha value is -1.14. The molecule has 1 aromatic heterocycles. The lowest BCUT2D eigenvalue weighted by molar-refractivity contribution is 0.0551. The normalized spacial score (nSPS) is 15.0. The molecular weight excluding hydrogens is 334 g/mol. The van der Waals surface area contributed by atoms with Crippen LogP contribution in [0.3, 0.4) is 0 Å². The number of hydrogen-bond acceptors (Lipinski definition) is 4. The first-order chi connectivity index (χ1) is 10.1. The van der Waals surface area contributed by atoms with Crippen LogP contribution >= 0.6 is 15.9 Å². The molecule has 0 unspecified atom stereocenters. The summed E-state index contributed by atoms with van der Waals surface area (Å²) in [4.78, 5) is 0. The Morgan fingerprint density at radius 1 is 1.33 bits per heavy atom. The molecule has 1 heterocycles. The molecule has 1 aliphatic rings. The van der Waals surface area contributed by atoms with Gasteiger partial charge in [0.2, 0.25) is 0 Å². The fourth-order valence-corrected chi connectivity index (χ4v) is 2.74. The number of benzene rings is 1. The summed E-state index contributed by atoms with van der Waals surface area (Å²) in [7, 11) is 0. The Labute approximate surface area is 132 Å². The van der Waals surface area contributed by atoms with Gasteiger partial charge in [-0.3, -0.25) is 0 Å². The molecule has 6 heteroatoms. The van der Waals surface area contributed by atoms with Crippen molar-refractivity contribution in [1.29, 1.82) is 0 Å². The molecule has 1 fully saturated rings. The highest BCUT2D eigenvalue weighted by Gasteiger charge is 2.23. The topological polar surface area (TPSA) is 49.2 Å². The molecule has 0 atom stereocenters. The summed E-state index contributed by atoms with van der Waals surface area (Å²) in [6, 6.07) is 4.00. The van der Waals surface area contributed by atoms with Gasteiger partial charge in [-0.05, 0) is 60.7 Å². The van der Waals surface area contributed by atoms with Crippen molar-refractivity contribution in [2.24, 2.45) is 5.92 Å². The fourth-order valence-electron chi connectivity index (χ4n) is 2.21. The van der Waals surface area contributed by atoms with E-state index in [0.29, 0.717) is 13.2 Å². The highest BCUT2D eigenvalue weighted by molar-refractivity contribution is 9.10. The van der Waals surface area contributed by atoms with Crippen LogP contribution in [-0.2, 0) is 11.3 Å². The predicted molar refractivity (Wildman–Crippen MR) is 84.5 cm³/mol. The SMILES string of the molecule is CC(C)OCCOc1ccc2c(nnn2CC2CC2)c1Br. The highest BCUT2D eigenvalue weighted by atomic mass is 79.9. The van der Waals surface area contributed by atoms with Gasteiger partial charge in [0.1, 0.15) is 17.9 Å². The largest absolute Gasteiger partial charge is 0.490 e. The number of aromatic nitrogens is 3. The minimum absolute atomic E-state index is 0.224. The number of halogens is 1. The summed E-state index contributed by atoms with van der Waals surface area (Å²) in [6.45, 7) is 6.10. The molecule has 0 amide bonds. The highest BCUT2D eigenvalue weighted by Crippen LogP contribution is 2.34. The van der Waals surface area contributed by atoms with Crippen molar-refractivity contribution in [3.05, 3.63) is 16.6 Å². The first-order valence-electron chi connectivity index (χ1n) is 7.41. The summed E-state index contributed by atoms with van der Waals surface area (Å²) in [5, 5.41) is 8.52. The predicted octanol–water partition coefficient (Wildman–Crippen LogP) is 3.41. The van der Waals surface area contributed by atoms with Crippen LogP contribution in [0.25, 0.3) is 11.0 Å². The van der Waals surface area contributed by atoms with Gasteiger partial charge in [0.15, 0.2) is 0 Å². The van der Waals surface area contributed by atoms with Gasteiger partial charge in [0, 0.05) is 6.54 Å². The van der Waals surface area contributed by atoms with Crippen molar-refractivity contribution < 1.29 is 9.47 Å². The van der Waals surface area contributed by atoms with Crippen LogP contribution in [0.15, 0.2) is 16.6 Å². The molecule has 0 saturated heterocycles. The second kappa shape index (κ2) is 6.32. The van der Waals surface area contributed by atoms with Crippen LogP contribution in [-0.4, -0.2) is 34.3 Å². The van der Waals surface area contributed by atoms with Crippen LogP contribution in [0.5, 0.6) is 5.75 Å². The zero-order chi connectivity index (χ0) is 14.8. The molecule has 21 heavy (non-hydrogen) atoms. The van der Waals surface area contributed by atoms with Gasteiger partial charge in [-0.2, -0.15) is 0 Å². The minimum Gasteiger partial charge on any atom is -0.490 e. The Balaban J connectivity index is 1.70. The lowest BCUT2D eigenvalue weighted by Gasteiger charge is -2.10. The summed E-state index contributed by atoms with van der Waals surface area (Å²) in [6.07, 6.45) is 2.83. The van der Waals surface area contributed by atoms with E-state index in [0.717, 1.165) is 33.7 Å². The first-order valence-corrected chi connectivity index (χ1v) is 8.20. The van der Waals surface area contributed by atoms with Gasteiger partial charge in [0.05, 0.1) is 22.7 Å². The van der Waals surface area contributed by atoms with E-state index in [1.54, 1.807) is 0 Å². The van der Waals surface area contributed by atoms with Gasteiger partial charge in [-0.25, -0.2) is 4.68 Å². The van der Waals surface area contributed by atoms with E-state index >= 15 is 0 Å². The molecule has 0 N–H and O–H groups in total. The number of rotatable bonds is 7. The number of hydrogen-bond donors (Lipinski definition) is 0. The molecule has 0 aliphatic heterocycles. The van der Waals surface area contributed by atoms with Gasteiger partial charge < -0.3 is 9.47 Å². The van der Waals surface area contributed by atoms with Crippen LogP contribution in [0.2, 0.25) is 0 Å². The Kier molecular flexibility index (Phi) is 4.45. The van der Waals surface area contributed by atoms with Crippen molar-refractivity contribution in [2.75, 3.05) is 13.2 Å². The Morgan fingerprint density at radius 3 is 2.86 bits per heavy atom. The van der Waals surface area contributed by atoms with Crippen molar-refractivity contribution in [1.82, 2.24) is 15.0 Å². The third-order valence-corrected chi connectivity index (χ3v) is 4.28. The van der Waals surface area contributed by atoms with Crippen molar-refractivity contribution in [3.8, 4) is 5.75 Å².